The first-order chi connectivity index (χ1) is 17.6. The standard InChI is InChI=1S/C15H34O3SSi.C12H28O3SSi/c1-4-7-11-16-20(15-10-14-19,17-12-8-5-2)18-13-9-6-3;1-10(2)13-17(9-7-8-16,14-11(3)4)15-12(5)6/h19H,4-15H2,1-3H3;10-12,16H,7-9H2,1-6H3. The van der Waals surface area contributed by atoms with E-state index in [9.17, 15) is 0 Å². The highest BCUT2D eigenvalue weighted by Gasteiger charge is 2.43. The van der Waals surface area contributed by atoms with Crippen molar-refractivity contribution in [3.63, 3.8) is 0 Å². The Bertz CT molecular complexity index is 435. The van der Waals surface area contributed by atoms with Gasteiger partial charge in [-0.05, 0) is 85.2 Å². The van der Waals surface area contributed by atoms with Crippen molar-refractivity contribution in [2.45, 2.75) is 144 Å². The van der Waals surface area contributed by atoms with E-state index in [0.717, 1.165) is 94.8 Å². The molecule has 226 valence electrons. The highest BCUT2D eigenvalue weighted by atomic mass is 32.1. The fourth-order valence-electron chi connectivity index (χ4n) is 3.39. The molecule has 0 spiro atoms. The monoisotopic (exact) mass is 602 g/mol. The van der Waals surface area contributed by atoms with Crippen LogP contribution in [-0.4, -0.2) is 67.2 Å². The fourth-order valence-corrected chi connectivity index (χ4v) is 10.2. The van der Waals surface area contributed by atoms with E-state index in [0.29, 0.717) is 0 Å². The molecule has 0 atom stereocenters. The lowest BCUT2D eigenvalue weighted by Gasteiger charge is -2.34. The Kier molecular flexibility index (Phi) is 28.0. The van der Waals surface area contributed by atoms with Crippen molar-refractivity contribution in [3.8, 4) is 0 Å². The quantitative estimate of drug-likeness (QED) is 0.0660. The molecule has 0 heterocycles. The van der Waals surface area contributed by atoms with Gasteiger partial charge in [0.1, 0.15) is 0 Å². The molecule has 37 heavy (non-hydrogen) atoms. The molecule has 0 amide bonds. The van der Waals surface area contributed by atoms with Crippen LogP contribution < -0.4 is 0 Å². The maximum absolute atomic E-state index is 6.13. The molecular weight excluding hydrogens is 541 g/mol. The van der Waals surface area contributed by atoms with Crippen LogP contribution in [0.5, 0.6) is 0 Å². The Balaban J connectivity index is 0. The molecule has 0 saturated carbocycles. The van der Waals surface area contributed by atoms with Crippen LogP contribution in [0.1, 0.15) is 114 Å². The molecule has 6 nitrogen and oxygen atoms in total. The Morgan fingerprint density at radius 2 is 0.784 bits per heavy atom. The first-order valence-corrected chi connectivity index (χ1v) is 19.9. The predicted molar refractivity (Wildman–Crippen MR) is 169 cm³/mol. The van der Waals surface area contributed by atoms with Crippen LogP contribution in [0.25, 0.3) is 0 Å². The molecule has 0 saturated heterocycles. The average Bonchev–Trinajstić information content (AvgIpc) is 2.81. The van der Waals surface area contributed by atoms with Crippen LogP contribution in [0.4, 0.5) is 0 Å². The number of hydrogen-bond donors (Lipinski definition) is 2. The summed E-state index contributed by atoms with van der Waals surface area (Å²) in [5, 5.41) is 0. The van der Waals surface area contributed by atoms with Gasteiger partial charge in [0.15, 0.2) is 0 Å². The second-order valence-corrected chi connectivity index (χ2v) is 16.3. The molecule has 0 N–H and O–H groups in total. The van der Waals surface area contributed by atoms with Gasteiger partial charge in [0.05, 0.1) is 0 Å². The minimum Gasteiger partial charge on any atom is -0.373 e. The summed E-state index contributed by atoms with van der Waals surface area (Å²) in [5.74, 6) is 1.69. The summed E-state index contributed by atoms with van der Waals surface area (Å²) in [7, 11) is -5.03. The highest BCUT2D eigenvalue weighted by molar-refractivity contribution is 7.80. The van der Waals surface area contributed by atoms with Gasteiger partial charge in [-0.1, -0.05) is 40.0 Å². The van der Waals surface area contributed by atoms with E-state index in [1.54, 1.807) is 0 Å². The second-order valence-electron chi connectivity index (χ2n) is 10.1. The van der Waals surface area contributed by atoms with Gasteiger partial charge in [0.2, 0.25) is 0 Å². The summed E-state index contributed by atoms with van der Waals surface area (Å²) < 4.78 is 36.4. The number of unbranched alkanes of at least 4 members (excludes halogenated alkanes) is 3. The lowest BCUT2D eigenvalue weighted by Crippen LogP contribution is -2.50. The van der Waals surface area contributed by atoms with Crippen LogP contribution in [-0.2, 0) is 26.6 Å². The number of rotatable bonds is 24. The Morgan fingerprint density at radius 1 is 0.486 bits per heavy atom. The predicted octanol–water partition coefficient (Wildman–Crippen LogP) is 8.22. The molecule has 10 heteroatoms. The molecule has 0 fully saturated rings. The van der Waals surface area contributed by atoms with E-state index < -0.39 is 17.6 Å². The van der Waals surface area contributed by atoms with Gasteiger partial charge in [0.25, 0.3) is 0 Å². The van der Waals surface area contributed by atoms with Crippen molar-refractivity contribution in [2.24, 2.45) is 0 Å². The molecule has 0 unspecified atom stereocenters. The number of thiol groups is 2. The molecule has 0 aromatic rings. The summed E-state index contributed by atoms with van der Waals surface area (Å²) in [6.07, 6.45) is 8.97. The zero-order valence-electron chi connectivity index (χ0n) is 25.7. The summed E-state index contributed by atoms with van der Waals surface area (Å²) in [4.78, 5) is 0. The van der Waals surface area contributed by atoms with Gasteiger partial charge in [-0.25, -0.2) is 0 Å². The summed E-state index contributed by atoms with van der Waals surface area (Å²) in [6, 6.07) is 1.73. The molecule has 0 aromatic heterocycles. The lowest BCUT2D eigenvalue weighted by molar-refractivity contribution is 0.00317. The van der Waals surface area contributed by atoms with Gasteiger partial charge < -0.3 is 26.6 Å². The van der Waals surface area contributed by atoms with Crippen LogP contribution in [0.2, 0.25) is 12.1 Å². The first kappa shape index (κ1) is 40.0. The van der Waals surface area contributed by atoms with E-state index in [-0.39, 0.29) is 18.3 Å². The molecule has 0 aromatic carbocycles. The van der Waals surface area contributed by atoms with Crippen LogP contribution >= 0.6 is 25.3 Å². The number of hydrogen-bond acceptors (Lipinski definition) is 8. The third-order valence-corrected chi connectivity index (χ3v) is 12.0. The van der Waals surface area contributed by atoms with Gasteiger partial charge in [0, 0.05) is 50.2 Å². The van der Waals surface area contributed by atoms with Gasteiger partial charge >= 0.3 is 17.6 Å². The smallest absolute Gasteiger partial charge is 0.373 e. The van der Waals surface area contributed by atoms with Crippen LogP contribution in [0.3, 0.4) is 0 Å². The topological polar surface area (TPSA) is 55.4 Å². The van der Waals surface area contributed by atoms with Crippen molar-refractivity contribution in [3.05, 3.63) is 0 Å². The third kappa shape index (κ3) is 23.3. The normalized spacial score (nSPS) is 12.5. The molecule has 0 rings (SSSR count). The summed E-state index contributed by atoms with van der Waals surface area (Å²) in [5.41, 5.74) is 0. The van der Waals surface area contributed by atoms with Crippen molar-refractivity contribution < 1.29 is 26.6 Å². The van der Waals surface area contributed by atoms with Gasteiger partial charge in [-0.15, -0.1) is 0 Å². The maximum Gasteiger partial charge on any atom is 0.501 e. The molecule has 0 aliphatic heterocycles. The summed E-state index contributed by atoms with van der Waals surface area (Å²) >= 11 is 8.58. The summed E-state index contributed by atoms with van der Waals surface area (Å²) in [6.45, 7) is 20.9. The molecule has 0 bridgehead atoms. The SMILES string of the molecule is CC(C)O[Si](CCCS)(OC(C)C)OC(C)C.CCCCO[Si](CCCS)(OCCCC)OCCCC. The zero-order chi connectivity index (χ0) is 28.6. The molecule has 0 aliphatic rings. The average molecular weight is 603 g/mol. The highest BCUT2D eigenvalue weighted by Crippen LogP contribution is 2.24. The van der Waals surface area contributed by atoms with Crippen molar-refractivity contribution >= 4 is 42.9 Å². The van der Waals surface area contributed by atoms with Gasteiger partial charge in [-0.2, -0.15) is 25.3 Å². The van der Waals surface area contributed by atoms with E-state index in [2.05, 4.69) is 46.0 Å². The second kappa shape index (κ2) is 25.8. The van der Waals surface area contributed by atoms with Crippen molar-refractivity contribution in [1.29, 1.82) is 0 Å². The first-order valence-electron chi connectivity index (χ1n) is 14.7. The third-order valence-electron chi connectivity index (χ3n) is 4.99. The van der Waals surface area contributed by atoms with Crippen molar-refractivity contribution in [2.75, 3.05) is 31.3 Å². The largest absolute Gasteiger partial charge is 0.501 e. The fraction of sp³-hybridized carbons (Fsp3) is 1.00. The van der Waals surface area contributed by atoms with E-state index in [4.69, 9.17) is 26.6 Å². The van der Waals surface area contributed by atoms with Gasteiger partial charge in [-0.3, -0.25) is 0 Å². The molecule has 0 aliphatic carbocycles. The molecular formula is C27H62O6S2Si2. The van der Waals surface area contributed by atoms with E-state index in [1.807, 2.05) is 41.5 Å². The van der Waals surface area contributed by atoms with Crippen molar-refractivity contribution in [1.82, 2.24) is 0 Å². The van der Waals surface area contributed by atoms with Crippen LogP contribution in [0.15, 0.2) is 0 Å². The van der Waals surface area contributed by atoms with Crippen LogP contribution in [0, 0.1) is 0 Å². The molecule has 0 radical (unpaired) electrons. The Labute approximate surface area is 244 Å². The Hall–Kier alpha value is 0.894. The maximum atomic E-state index is 6.13. The minimum atomic E-state index is -2.55. The lowest BCUT2D eigenvalue weighted by atomic mass is 10.4. The minimum absolute atomic E-state index is 0.124. The zero-order valence-corrected chi connectivity index (χ0v) is 29.5. The van der Waals surface area contributed by atoms with E-state index in [1.165, 1.54) is 0 Å². The van der Waals surface area contributed by atoms with E-state index >= 15 is 0 Å². The Morgan fingerprint density at radius 3 is 1.03 bits per heavy atom.